The lowest BCUT2D eigenvalue weighted by Gasteiger charge is -2.05. The molecule has 0 N–H and O–H groups in total. The van der Waals surface area contributed by atoms with Crippen LogP contribution in [0.4, 0.5) is 0 Å². The Kier molecular flexibility index (Phi) is 2.11. The van der Waals surface area contributed by atoms with E-state index in [9.17, 15) is 4.79 Å². The lowest BCUT2D eigenvalue weighted by molar-refractivity contribution is 0.564. The van der Waals surface area contributed by atoms with Crippen LogP contribution in [0, 0.1) is 13.8 Å². The van der Waals surface area contributed by atoms with Gasteiger partial charge in [0.25, 0.3) is 0 Å². The summed E-state index contributed by atoms with van der Waals surface area (Å²) in [7, 11) is 0. The molecule has 0 bridgehead atoms. The van der Waals surface area contributed by atoms with E-state index >= 15 is 0 Å². The Morgan fingerprint density at radius 1 is 0.900 bits per heavy atom. The number of hydrogen-bond acceptors (Lipinski definition) is 3. The molecule has 0 fully saturated rings. The minimum Gasteiger partial charge on any atom is -0.464 e. The van der Waals surface area contributed by atoms with Crippen molar-refractivity contribution in [3.05, 3.63) is 58.1 Å². The van der Waals surface area contributed by atoms with E-state index in [0.717, 1.165) is 32.9 Å². The molecule has 98 valence electrons. The van der Waals surface area contributed by atoms with Crippen LogP contribution in [0.5, 0.6) is 0 Å². The van der Waals surface area contributed by atoms with Crippen molar-refractivity contribution in [2.75, 3.05) is 0 Å². The summed E-state index contributed by atoms with van der Waals surface area (Å²) < 4.78 is 11.1. The van der Waals surface area contributed by atoms with Gasteiger partial charge >= 0.3 is 5.63 Å². The zero-order valence-electron chi connectivity index (χ0n) is 11.2. The standard InChI is InChI=1S/C17H12O3/c1-9-8-19-15-10(2)16-14(7-13(9)15)11-5-3-4-6-12(11)17(18)20-16/h3-8H,1-2H3. The van der Waals surface area contributed by atoms with E-state index < -0.39 is 0 Å². The second kappa shape index (κ2) is 3.73. The monoisotopic (exact) mass is 264 g/mol. The molecule has 0 aliphatic heterocycles. The summed E-state index contributed by atoms with van der Waals surface area (Å²) in [6.45, 7) is 3.93. The van der Waals surface area contributed by atoms with Crippen molar-refractivity contribution in [2.45, 2.75) is 13.8 Å². The molecule has 0 amide bonds. The first-order valence-corrected chi connectivity index (χ1v) is 6.50. The third-order valence-electron chi connectivity index (χ3n) is 3.87. The molecule has 20 heavy (non-hydrogen) atoms. The Hall–Kier alpha value is -2.55. The van der Waals surface area contributed by atoms with Crippen LogP contribution in [0.2, 0.25) is 0 Å². The predicted molar refractivity (Wildman–Crippen MR) is 79.2 cm³/mol. The van der Waals surface area contributed by atoms with Gasteiger partial charge in [-0.2, -0.15) is 0 Å². The Morgan fingerprint density at radius 3 is 2.45 bits per heavy atom. The maximum absolute atomic E-state index is 12.1. The van der Waals surface area contributed by atoms with E-state index in [2.05, 4.69) is 0 Å². The smallest absolute Gasteiger partial charge is 0.344 e. The van der Waals surface area contributed by atoms with Crippen molar-refractivity contribution < 1.29 is 8.83 Å². The summed E-state index contributed by atoms with van der Waals surface area (Å²) in [5, 5.41) is 3.55. The van der Waals surface area contributed by atoms with E-state index in [1.807, 2.05) is 38.1 Å². The lowest BCUT2D eigenvalue weighted by atomic mass is 10.0. The highest BCUT2D eigenvalue weighted by Gasteiger charge is 2.14. The van der Waals surface area contributed by atoms with E-state index in [1.165, 1.54) is 0 Å². The minimum absolute atomic E-state index is 0.307. The lowest BCUT2D eigenvalue weighted by Crippen LogP contribution is -2.00. The van der Waals surface area contributed by atoms with Crippen molar-refractivity contribution in [3.8, 4) is 0 Å². The molecular formula is C17H12O3. The molecule has 3 nitrogen and oxygen atoms in total. The van der Waals surface area contributed by atoms with Gasteiger partial charge in [0.1, 0.15) is 11.2 Å². The fourth-order valence-electron chi connectivity index (χ4n) is 2.81. The summed E-state index contributed by atoms with van der Waals surface area (Å²) in [6, 6.07) is 9.57. The van der Waals surface area contributed by atoms with Crippen LogP contribution in [0.3, 0.4) is 0 Å². The maximum atomic E-state index is 12.1. The van der Waals surface area contributed by atoms with Crippen molar-refractivity contribution in [1.29, 1.82) is 0 Å². The molecule has 2 aromatic heterocycles. The summed E-state index contributed by atoms with van der Waals surface area (Å²) >= 11 is 0. The number of hydrogen-bond donors (Lipinski definition) is 0. The van der Waals surface area contributed by atoms with Gasteiger partial charge in [0.2, 0.25) is 0 Å². The Labute approximate surface area is 114 Å². The quantitative estimate of drug-likeness (QED) is 0.351. The molecule has 2 heterocycles. The molecule has 0 aliphatic rings. The van der Waals surface area contributed by atoms with Crippen molar-refractivity contribution in [1.82, 2.24) is 0 Å². The normalized spacial score (nSPS) is 11.7. The number of furan rings is 1. The average molecular weight is 264 g/mol. The van der Waals surface area contributed by atoms with E-state index in [0.29, 0.717) is 11.0 Å². The highest BCUT2D eigenvalue weighted by atomic mass is 16.4. The fraction of sp³-hybridized carbons (Fsp3) is 0.118. The topological polar surface area (TPSA) is 43.4 Å². The number of benzene rings is 2. The van der Waals surface area contributed by atoms with Gasteiger partial charge in [0.15, 0.2) is 0 Å². The molecule has 0 spiro atoms. The van der Waals surface area contributed by atoms with Crippen molar-refractivity contribution in [3.63, 3.8) is 0 Å². The molecule has 0 saturated carbocycles. The first-order valence-electron chi connectivity index (χ1n) is 6.50. The molecule has 0 radical (unpaired) electrons. The molecule has 0 saturated heterocycles. The van der Waals surface area contributed by atoms with Crippen LogP contribution >= 0.6 is 0 Å². The summed E-state index contributed by atoms with van der Waals surface area (Å²) in [6.07, 6.45) is 1.73. The molecule has 3 heteroatoms. The molecule has 0 aliphatic carbocycles. The molecule has 4 rings (SSSR count). The Balaban J connectivity index is 2.39. The van der Waals surface area contributed by atoms with Gasteiger partial charge in [-0.15, -0.1) is 0 Å². The second-order valence-corrected chi connectivity index (χ2v) is 5.11. The number of fused-ring (bicyclic) bond motifs is 4. The highest BCUT2D eigenvalue weighted by molar-refractivity contribution is 6.10. The molecular weight excluding hydrogens is 252 g/mol. The molecule has 2 aromatic carbocycles. The third-order valence-corrected chi connectivity index (χ3v) is 3.87. The van der Waals surface area contributed by atoms with Crippen LogP contribution in [0.25, 0.3) is 32.7 Å². The first-order chi connectivity index (χ1) is 9.66. The second-order valence-electron chi connectivity index (χ2n) is 5.11. The van der Waals surface area contributed by atoms with Crippen molar-refractivity contribution in [2.24, 2.45) is 0 Å². The van der Waals surface area contributed by atoms with Gasteiger partial charge < -0.3 is 8.83 Å². The molecule has 0 unspecified atom stereocenters. The van der Waals surface area contributed by atoms with Crippen molar-refractivity contribution >= 4 is 32.7 Å². The van der Waals surface area contributed by atoms with Gasteiger partial charge in [0.05, 0.1) is 11.6 Å². The predicted octanol–water partition coefficient (Wildman–Crippen LogP) is 4.31. The Bertz CT molecular complexity index is 1030. The van der Waals surface area contributed by atoms with Crippen LogP contribution in [-0.4, -0.2) is 0 Å². The van der Waals surface area contributed by atoms with Gasteiger partial charge in [-0.25, -0.2) is 4.79 Å². The van der Waals surface area contributed by atoms with Gasteiger partial charge in [-0.05, 0) is 36.9 Å². The molecule has 0 atom stereocenters. The minimum atomic E-state index is -0.307. The maximum Gasteiger partial charge on any atom is 0.344 e. The largest absolute Gasteiger partial charge is 0.464 e. The third kappa shape index (κ3) is 1.32. The van der Waals surface area contributed by atoms with Crippen LogP contribution < -0.4 is 5.63 Å². The van der Waals surface area contributed by atoms with E-state index in [1.54, 1.807) is 12.3 Å². The summed E-state index contributed by atoms with van der Waals surface area (Å²) in [4.78, 5) is 12.1. The van der Waals surface area contributed by atoms with Crippen LogP contribution in [0.15, 0.2) is 50.2 Å². The van der Waals surface area contributed by atoms with Gasteiger partial charge in [0, 0.05) is 16.3 Å². The van der Waals surface area contributed by atoms with E-state index in [4.69, 9.17) is 8.83 Å². The highest BCUT2D eigenvalue weighted by Crippen LogP contribution is 2.33. The summed E-state index contributed by atoms with van der Waals surface area (Å²) in [5.41, 5.74) is 3.04. The fourth-order valence-corrected chi connectivity index (χ4v) is 2.81. The average Bonchev–Trinajstić information content (AvgIpc) is 2.83. The van der Waals surface area contributed by atoms with Gasteiger partial charge in [-0.3, -0.25) is 0 Å². The van der Waals surface area contributed by atoms with E-state index in [-0.39, 0.29) is 5.63 Å². The van der Waals surface area contributed by atoms with Crippen LogP contribution in [-0.2, 0) is 0 Å². The zero-order valence-corrected chi connectivity index (χ0v) is 11.2. The first kappa shape index (κ1) is 11.3. The SMILES string of the molecule is Cc1coc2c(C)c3oc(=O)c4ccccc4c3cc12. The molecule has 4 aromatic rings. The number of rotatable bonds is 0. The summed E-state index contributed by atoms with van der Waals surface area (Å²) in [5.74, 6) is 0. The zero-order chi connectivity index (χ0) is 13.9. The van der Waals surface area contributed by atoms with Gasteiger partial charge in [-0.1, -0.05) is 18.2 Å². The van der Waals surface area contributed by atoms with Crippen LogP contribution in [0.1, 0.15) is 11.1 Å². The number of aryl methyl sites for hydroxylation is 2. The Morgan fingerprint density at radius 2 is 1.65 bits per heavy atom.